The van der Waals surface area contributed by atoms with E-state index in [0.717, 1.165) is 10.0 Å². The summed E-state index contributed by atoms with van der Waals surface area (Å²) in [5, 5.41) is 9.52. The molecule has 5 heteroatoms. The molecule has 0 saturated heterocycles. The van der Waals surface area contributed by atoms with Gasteiger partial charge in [-0.15, -0.1) is 0 Å². The molecular weight excluding hydrogens is 250 g/mol. The number of rotatable bonds is 3. The first-order valence-corrected chi connectivity index (χ1v) is 4.81. The summed E-state index contributed by atoms with van der Waals surface area (Å²) in [5.41, 5.74) is 0.769. The molecule has 1 unspecified atom stereocenters. The van der Waals surface area contributed by atoms with Gasteiger partial charge < -0.3 is 9.84 Å². The predicted molar refractivity (Wildman–Crippen MR) is 56.0 cm³/mol. The maximum atomic E-state index is 9.52. The summed E-state index contributed by atoms with van der Waals surface area (Å²) < 4.78 is 5.72. The minimum atomic E-state index is -0.291. The van der Waals surface area contributed by atoms with Gasteiger partial charge in [0.05, 0.1) is 7.11 Å². The Bertz CT molecular complexity index is 330. The van der Waals surface area contributed by atoms with Gasteiger partial charge in [0.25, 0.3) is 0 Å². The Balaban J connectivity index is 3.14. The highest BCUT2D eigenvalue weighted by atomic mass is 79.9. The van der Waals surface area contributed by atoms with Gasteiger partial charge in [-0.3, -0.25) is 4.84 Å². The minimum absolute atomic E-state index is 0.0644. The van der Waals surface area contributed by atoms with Gasteiger partial charge in [0, 0.05) is 10.0 Å². The quantitative estimate of drug-likeness (QED) is 0.819. The SMILES string of the molecule is COc1cc(Br)c(C(C)ON)cc1O. The molecule has 0 heterocycles. The highest BCUT2D eigenvalue weighted by Gasteiger charge is 2.13. The molecule has 1 aromatic carbocycles. The van der Waals surface area contributed by atoms with Crippen molar-refractivity contribution in [1.29, 1.82) is 0 Å². The van der Waals surface area contributed by atoms with Crippen molar-refractivity contribution >= 4 is 15.9 Å². The number of nitrogens with two attached hydrogens (primary N) is 1. The fourth-order valence-electron chi connectivity index (χ4n) is 1.11. The molecule has 1 atom stereocenters. The number of methoxy groups -OCH3 is 1. The van der Waals surface area contributed by atoms with Crippen molar-refractivity contribution in [3.63, 3.8) is 0 Å². The van der Waals surface area contributed by atoms with Crippen molar-refractivity contribution in [2.24, 2.45) is 5.90 Å². The number of ether oxygens (including phenoxy) is 1. The highest BCUT2D eigenvalue weighted by molar-refractivity contribution is 9.10. The smallest absolute Gasteiger partial charge is 0.161 e. The van der Waals surface area contributed by atoms with Crippen LogP contribution in [0.25, 0.3) is 0 Å². The Morgan fingerprint density at radius 1 is 1.50 bits per heavy atom. The lowest BCUT2D eigenvalue weighted by Gasteiger charge is -2.13. The second-order valence-electron chi connectivity index (χ2n) is 2.82. The molecule has 0 aliphatic heterocycles. The average Bonchev–Trinajstić information content (AvgIpc) is 2.19. The maximum Gasteiger partial charge on any atom is 0.161 e. The Morgan fingerprint density at radius 3 is 2.64 bits per heavy atom. The second-order valence-corrected chi connectivity index (χ2v) is 3.68. The first-order valence-electron chi connectivity index (χ1n) is 4.02. The van der Waals surface area contributed by atoms with Gasteiger partial charge in [-0.05, 0) is 19.1 Å². The van der Waals surface area contributed by atoms with Gasteiger partial charge in [0.2, 0.25) is 0 Å². The van der Waals surface area contributed by atoms with E-state index in [0.29, 0.717) is 5.75 Å². The van der Waals surface area contributed by atoms with Crippen LogP contribution in [0.3, 0.4) is 0 Å². The van der Waals surface area contributed by atoms with Crippen molar-refractivity contribution in [2.45, 2.75) is 13.0 Å². The first-order chi connectivity index (χ1) is 6.60. The molecule has 78 valence electrons. The van der Waals surface area contributed by atoms with E-state index in [-0.39, 0.29) is 11.9 Å². The van der Waals surface area contributed by atoms with E-state index in [4.69, 9.17) is 10.6 Å². The lowest BCUT2D eigenvalue weighted by atomic mass is 10.1. The summed E-state index contributed by atoms with van der Waals surface area (Å²) in [6.45, 7) is 1.78. The summed E-state index contributed by atoms with van der Waals surface area (Å²) in [6, 6.07) is 3.22. The molecule has 0 aliphatic carbocycles. The zero-order chi connectivity index (χ0) is 10.7. The van der Waals surface area contributed by atoms with E-state index in [2.05, 4.69) is 20.8 Å². The topological polar surface area (TPSA) is 64.7 Å². The third-order valence-corrected chi connectivity index (χ3v) is 2.63. The number of hydrogen-bond acceptors (Lipinski definition) is 4. The molecule has 0 spiro atoms. The summed E-state index contributed by atoms with van der Waals surface area (Å²) in [5.74, 6) is 5.53. The Hall–Kier alpha value is -0.780. The van der Waals surface area contributed by atoms with Crippen LogP contribution in [0.1, 0.15) is 18.6 Å². The standard InChI is InChI=1S/C9H12BrNO3/c1-5(14-11)6-3-8(12)9(13-2)4-7(6)10/h3-5,12H,11H2,1-2H3. The van der Waals surface area contributed by atoms with Crippen molar-refractivity contribution in [2.75, 3.05) is 7.11 Å². The Morgan fingerprint density at radius 2 is 2.14 bits per heavy atom. The Labute approximate surface area is 90.7 Å². The van der Waals surface area contributed by atoms with Gasteiger partial charge in [-0.25, -0.2) is 5.90 Å². The number of halogens is 1. The molecule has 4 nitrogen and oxygen atoms in total. The minimum Gasteiger partial charge on any atom is -0.504 e. The number of hydrogen-bond donors (Lipinski definition) is 2. The number of phenolic OH excluding ortho intramolecular Hbond substituents is 1. The normalized spacial score (nSPS) is 12.6. The predicted octanol–water partition coefficient (Wildman–Crippen LogP) is 2.11. The maximum absolute atomic E-state index is 9.52. The number of benzene rings is 1. The lowest BCUT2D eigenvalue weighted by molar-refractivity contribution is 0.0657. The first kappa shape index (κ1) is 11.3. The van der Waals surface area contributed by atoms with Crippen LogP contribution in [0.2, 0.25) is 0 Å². The van der Waals surface area contributed by atoms with Crippen LogP contribution in [0.4, 0.5) is 0 Å². The van der Waals surface area contributed by atoms with E-state index >= 15 is 0 Å². The fraction of sp³-hybridized carbons (Fsp3) is 0.333. The molecule has 0 radical (unpaired) electrons. The van der Waals surface area contributed by atoms with Gasteiger partial charge in [0.1, 0.15) is 6.10 Å². The molecule has 0 saturated carbocycles. The largest absolute Gasteiger partial charge is 0.504 e. The molecule has 0 amide bonds. The second kappa shape index (κ2) is 4.63. The molecule has 1 aromatic rings. The van der Waals surface area contributed by atoms with E-state index in [1.165, 1.54) is 7.11 Å². The fourth-order valence-corrected chi connectivity index (χ4v) is 1.75. The van der Waals surface area contributed by atoms with Crippen LogP contribution in [-0.4, -0.2) is 12.2 Å². The van der Waals surface area contributed by atoms with Crippen molar-refractivity contribution < 1.29 is 14.7 Å². The average molecular weight is 262 g/mol. The molecule has 0 bridgehead atoms. The lowest BCUT2D eigenvalue weighted by Crippen LogP contribution is -2.06. The van der Waals surface area contributed by atoms with E-state index < -0.39 is 0 Å². The summed E-state index contributed by atoms with van der Waals surface area (Å²) >= 11 is 3.34. The highest BCUT2D eigenvalue weighted by Crippen LogP contribution is 2.35. The monoisotopic (exact) mass is 261 g/mol. The van der Waals surface area contributed by atoms with E-state index in [1.807, 2.05) is 0 Å². The van der Waals surface area contributed by atoms with Crippen LogP contribution in [-0.2, 0) is 4.84 Å². The zero-order valence-electron chi connectivity index (χ0n) is 7.95. The summed E-state index contributed by atoms with van der Waals surface area (Å²) in [6.07, 6.45) is -0.291. The van der Waals surface area contributed by atoms with Crippen LogP contribution in [0, 0.1) is 0 Å². The number of phenols is 1. The van der Waals surface area contributed by atoms with Gasteiger partial charge in [-0.1, -0.05) is 15.9 Å². The molecule has 0 aromatic heterocycles. The van der Waals surface area contributed by atoms with E-state index in [1.54, 1.807) is 19.1 Å². The molecule has 0 fully saturated rings. The van der Waals surface area contributed by atoms with Crippen LogP contribution in [0.15, 0.2) is 16.6 Å². The van der Waals surface area contributed by atoms with Gasteiger partial charge in [0.15, 0.2) is 11.5 Å². The molecule has 1 rings (SSSR count). The third-order valence-electron chi connectivity index (χ3n) is 1.94. The summed E-state index contributed by atoms with van der Waals surface area (Å²) in [7, 11) is 1.49. The van der Waals surface area contributed by atoms with Crippen LogP contribution in [0.5, 0.6) is 11.5 Å². The van der Waals surface area contributed by atoms with Crippen molar-refractivity contribution in [3.8, 4) is 11.5 Å². The zero-order valence-corrected chi connectivity index (χ0v) is 9.54. The van der Waals surface area contributed by atoms with Crippen LogP contribution < -0.4 is 10.6 Å². The third kappa shape index (κ3) is 2.17. The van der Waals surface area contributed by atoms with Crippen molar-refractivity contribution in [1.82, 2.24) is 0 Å². The Kier molecular flexibility index (Phi) is 3.74. The molecule has 3 N–H and O–H groups in total. The van der Waals surface area contributed by atoms with Crippen LogP contribution >= 0.6 is 15.9 Å². The van der Waals surface area contributed by atoms with Gasteiger partial charge >= 0.3 is 0 Å². The molecule has 0 aliphatic rings. The van der Waals surface area contributed by atoms with Crippen molar-refractivity contribution in [3.05, 3.63) is 22.2 Å². The summed E-state index contributed by atoms with van der Waals surface area (Å²) in [4.78, 5) is 4.66. The molecule has 14 heavy (non-hydrogen) atoms. The van der Waals surface area contributed by atoms with E-state index in [9.17, 15) is 5.11 Å². The molecular formula is C9H12BrNO3. The van der Waals surface area contributed by atoms with Gasteiger partial charge in [-0.2, -0.15) is 0 Å². The number of aromatic hydroxyl groups is 1.